The molecule has 164 valence electrons. The van der Waals surface area contributed by atoms with Gasteiger partial charge in [0, 0.05) is 18.0 Å². The van der Waals surface area contributed by atoms with Crippen molar-refractivity contribution in [2.45, 2.75) is 26.3 Å². The fourth-order valence-corrected chi connectivity index (χ4v) is 2.55. The Bertz CT molecular complexity index is 857. The Morgan fingerprint density at radius 2 is 1.35 bits per heavy atom. The number of carbonyl (C=O) groups excluding carboxylic acids is 1. The molecule has 1 aromatic carbocycles. The average Bonchev–Trinajstić information content (AvgIpc) is 2.75. The number of carbonyl (C=O) groups is 2. The van der Waals surface area contributed by atoms with Crippen molar-refractivity contribution < 1.29 is 41.2 Å². The summed E-state index contributed by atoms with van der Waals surface area (Å²) in [7, 11) is 0. The fourth-order valence-electron chi connectivity index (χ4n) is 2.55. The summed E-state index contributed by atoms with van der Waals surface area (Å²) in [5.41, 5.74) is 2.30. The van der Waals surface area contributed by atoms with Crippen LogP contribution in [0.5, 0.6) is 0 Å². The quantitative estimate of drug-likeness (QED) is 0.447. The van der Waals surface area contributed by atoms with E-state index in [0.717, 1.165) is 11.4 Å². The second-order valence-corrected chi connectivity index (χ2v) is 6.79. The number of pyridine rings is 2. The van der Waals surface area contributed by atoms with E-state index in [4.69, 9.17) is 5.11 Å². The molecule has 0 spiro atoms. The summed E-state index contributed by atoms with van der Waals surface area (Å²) < 4.78 is 0. The van der Waals surface area contributed by atoms with Gasteiger partial charge in [0.15, 0.2) is 0 Å². The number of amides is 1. The SMILES string of the molecule is CC(C)CC(NC(=O)c1ccccc1)C(=O)O.O.[Pt+4].c1ccc(-c2ccccn2)nc1. The maximum Gasteiger partial charge on any atom is 4.00 e. The molecule has 2 aromatic heterocycles. The molecular formula is C23H27N3O4Pt+4. The molecule has 0 aliphatic carbocycles. The zero-order chi connectivity index (χ0) is 21.1. The van der Waals surface area contributed by atoms with Gasteiger partial charge in [0.2, 0.25) is 0 Å². The number of nitrogens with one attached hydrogen (secondary N) is 1. The molecule has 1 amide bonds. The summed E-state index contributed by atoms with van der Waals surface area (Å²) in [6.07, 6.45) is 3.96. The van der Waals surface area contributed by atoms with Crippen molar-refractivity contribution in [2.24, 2.45) is 5.92 Å². The van der Waals surface area contributed by atoms with E-state index in [2.05, 4.69) is 15.3 Å². The number of aliphatic carboxylic acids is 1. The van der Waals surface area contributed by atoms with Gasteiger partial charge in [0.25, 0.3) is 5.91 Å². The van der Waals surface area contributed by atoms with Crippen LogP contribution in [-0.2, 0) is 25.9 Å². The number of hydrogen-bond donors (Lipinski definition) is 2. The number of carboxylic acids is 1. The minimum atomic E-state index is -0.997. The summed E-state index contributed by atoms with van der Waals surface area (Å²) >= 11 is 0. The van der Waals surface area contributed by atoms with Gasteiger partial charge in [-0.25, -0.2) is 4.79 Å². The Hall–Kier alpha value is -2.89. The molecule has 0 aliphatic rings. The van der Waals surface area contributed by atoms with Crippen molar-refractivity contribution >= 4 is 11.9 Å². The normalized spacial score (nSPS) is 10.4. The van der Waals surface area contributed by atoms with Crippen molar-refractivity contribution in [2.75, 3.05) is 0 Å². The molecule has 0 aliphatic heterocycles. The number of rotatable bonds is 6. The molecular weight excluding hydrogens is 577 g/mol. The smallest absolute Gasteiger partial charge is 0.480 e. The number of carboxylic acid groups (broad SMARTS) is 1. The molecule has 31 heavy (non-hydrogen) atoms. The summed E-state index contributed by atoms with van der Waals surface area (Å²) in [6.45, 7) is 3.84. The van der Waals surface area contributed by atoms with Gasteiger partial charge in [-0.15, -0.1) is 0 Å². The molecule has 0 bridgehead atoms. The van der Waals surface area contributed by atoms with Crippen LogP contribution in [0.1, 0.15) is 30.6 Å². The molecule has 7 nitrogen and oxygen atoms in total. The van der Waals surface area contributed by atoms with Crippen LogP contribution in [0, 0.1) is 5.92 Å². The predicted octanol–water partition coefficient (Wildman–Crippen LogP) is 3.23. The van der Waals surface area contributed by atoms with Gasteiger partial charge >= 0.3 is 27.0 Å². The largest absolute Gasteiger partial charge is 4.00 e. The third-order valence-corrected chi connectivity index (χ3v) is 3.94. The van der Waals surface area contributed by atoms with Crippen LogP contribution >= 0.6 is 0 Å². The minimum Gasteiger partial charge on any atom is -0.480 e. The van der Waals surface area contributed by atoms with Gasteiger partial charge in [-0.05, 0) is 48.7 Å². The van der Waals surface area contributed by atoms with Crippen LogP contribution in [0.25, 0.3) is 11.4 Å². The van der Waals surface area contributed by atoms with Crippen LogP contribution in [-0.4, -0.2) is 38.5 Å². The van der Waals surface area contributed by atoms with Gasteiger partial charge in [0.05, 0.1) is 11.4 Å². The number of benzene rings is 1. The van der Waals surface area contributed by atoms with Gasteiger partial charge in [0.1, 0.15) is 6.04 Å². The van der Waals surface area contributed by atoms with Crippen LogP contribution < -0.4 is 5.32 Å². The van der Waals surface area contributed by atoms with Crippen LogP contribution in [0.3, 0.4) is 0 Å². The van der Waals surface area contributed by atoms with Gasteiger partial charge in [-0.3, -0.25) is 14.8 Å². The van der Waals surface area contributed by atoms with E-state index in [1.807, 2.05) is 50.2 Å². The van der Waals surface area contributed by atoms with Crippen molar-refractivity contribution in [3.63, 3.8) is 0 Å². The molecule has 0 saturated heterocycles. The van der Waals surface area contributed by atoms with Crippen molar-refractivity contribution in [1.82, 2.24) is 15.3 Å². The van der Waals surface area contributed by atoms with Crippen molar-refractivity contribution in [3.8, 4) is 11.4 Å². The van der Waals surface area contributed by atoms with E-state index >= 15 is 0 Å². The van der Waals surface area contributed by atoms with Gasteiger partial charge in [-0.1, -0.05) is 44.2 Å². The fraction of sp³-hybridized carbons (Fsp3) is 0.217. The summed E-state index contributed by atoms with van der Waals surface area (Å²) in [6, 6.07) is 19.4. The Labute approximate surface area is 196 Å². The van der Waals surface area contributed by atoms with Crippen LogP contribution in [0.2, 0.25) is 0 Å². The number of nitrogens with zero attached hydrogens (tertiary/aromatic N) is 2. The zero-order valence-corrected chi connectivity index (χ0v) is 19.6. The first-order chi connectivity index (χ1) is 14.0. The van der Waals surface area contributed by atoms with Gasteiger partial charge < -0.3 is 15.9 Å². The molecule has 0 radical (unpaired) electrons. The Balaban J connectivity index is 0.000000570. The predicted molar refractivity (Wildman–Crippen MR) is 116 cm³/mol. The van der Waals surface area contributed by atoms with E-state index in [0.29, 0.717) is 12.0 Å². The maximum atomic E-state index is 11.8. The number of aromatic nitrogens is 2. The zero-order valence-electron chi connectivity index (χ0n) is 17.3. The molecule has 0 saturated carbocycles. The molecule has 3 aromatic rings. The molecule has 1 atom stereocenters. The van der Waals surface area contributed by atoms with E-state index in [-0.39, 0.29) is 38.4 Å². The van der Waals surface area contributed by atoms with Crippen molar-refractivity contribution in [1.29, 1.82) is 0 Å². The second-order valence-electron chi connectivity index (χ2n) is 6.79. The van der Waals surface area contributed by atoms with E-state index < -0.39 is 12.0 Å². The molecule has 8 heteroatoms. The monoisotopic (exact) mass is 604 g/mol. The van der Waals surface area contributed by atoms with Crippen molar-refractivity contribution in [3.05, 3.63) is 84.7 Å². The summed E-state index contributed by atoms with van der Waals surface area (Å²) in [5.74, 6) is -1.13. The first-order valence-electron chi connectivity index (χ1n) is 9.38. The van der Waals surface area contributed by atoms with Crippen LogP contribution in [0.15, 0.2) is 79.1 Å². The second kappa shape index (κ2) is 15.0. The van der Waals surface area contributed by atoms with E-state index in [1.165, 1.54) is 0 Å². The Kier molecular flexibility index (Phi) is 13.6. The Morgan fingerprint density at radius 3 is 1.74 bits per heavy atom. The topological polar surface area (TPSA) is 124 Å². The molecule has 0 fully saturated rings. The minimum absolute atomic E-state index is 0. The first-order valence-corrected chi connectivity index (χ1v) is 9.38. The molecule has 2 heterocycles. The standard InChI is InChI=1S/C13H17NO3.C10H8N2.H2O.Pt/c1-9(2)8-11(13(16)17)14-12(15)10-6-4-3-5-7-10;1-3-7-11-9(5-1)10-6-2-4-8-12-10;;/h3-7,9,11H,8H2,1-2H3,(H,14,15)(H,16,17);1-8H;1H2;/q;;;+4. The average molecular weight is 605 g/mol. The van der Waals surface area contributed by atoms with E-state index in [1.54, 1.807) is 42.7 Å². The molecule has 4 N–H and O–H groups in total. The van der Waals surface area contributed by atoms with Gasteiger partial charge in [-0.2, -0.15) is 0 Å². The third-order valence-electron chi connectivity index (χ3n) is 3.94. The summed E-state index contributed by atoms with van der Waals surface area (Å²) in [4.78, 5) is 31.1. The molecule has 1 unspecified atom stereocenters. The maximum absolute atomic E-state index is 11.8. The van der Waals surface area contributed by atoms with E-state index in [9.17, 15) is 9.59 Å². The van der Waals surface area contributed by atoms with Crippen LogP contribution in [0.4, 0.5) is 0 Å². The third kappa shape index (κ3) is 10.1. The summed E-state index contributed by atoms with van der Waals surface area (Å²) in [5, 5.41) is 11.5. The number of hydrogen-bond acceptors (Lipinski definition) is 4. The molecule has 3 rings (SSSR count). The Morgan fingerprint density at radius 1 is 0.871 bits per heavy atom. The first kappa shape index (κ1) is 28.1.